The van der Waals surface area contributed by atoms with Gasteiger partial charge < -0.3 is 5.32 Å². The van der Waals surface area contributed by atoms with Gasteiger partial charge in [-0.1, -0.05) is 30.3 Å². The van der Waals surface area contributed by atoms with Crippen molar-refractivity contribution in [3.05, 3.63) is 95.8 Å². The van der Waals surface area contributed by atoms with E-state index in [9.17, 15) is 18.0 Å². The van der Waals surface area contributed by atoms with Gasteiger partial charge in [0.2, 0.25) is 0 Å². The third-order valence-electron chi connectivity index (χ3n) is 4.92. The number of nitrogens with one attached hydrogen (secondary N) is 1. The first-order chi connectivity index (χ1) is 14.3. The zero-order valence-corrected chi connectivity index (χ0v) is 16.0. The molecule has 1 aromatic heterocycles. The number of carbonyl (C=O) groups is 1. The van der Waals surface area contributed by atoms with Crippen LogP contribution in [0.5, 0.6) is 0 Å². The molecule has 0 radical (unpaired) electrons. The number of alkyl halides is 3. The summed E-state index contributed by atoms with van der Waals surface area (Å²) in [5.41, 5.74) is 2.52. The minimum atomic E-state index is -4.50. The summed E-state index contributed by atoms with van der Waals surface area (Å²) in [5, 5.41) is 4.72. The summed E-state index contributed by atoms with van der Waals surface area (Å²) in [6.45, 7) is 1.97. The van der Waals surface area contributed by atoms with E-state index in [0.29, 0.717) is 5.69 Å². The summed E-state index contributed by atoms with van der Waals surface area (Å²) < 4.78 is 38.8. The number of amides is 1. The first kappa shape index (κ1) is 19.6. The van der Waals surface area contributed by atoms with E-state index in [1.165, 1.54) is 12.1 Å². The zero-order valence-electron chi connectivity index (χ0n) is 16.0. The molecular formula is C24H17F3N2O. The Morgan fingerprint density at radius 1 is 0.933 bits per heavy atom. The van der Waals surface area contributed by atoms with Gasteiger partial charge in [0.1, 0.15) is 0 Å². The highest BCUT2D eigenvalue weighted by Gasteiger charge is 2.30. The Kier molecular flexibility index (Phi) is 4.99. The van der Waals surface area contributed by atoms with E-state index in [-0.39, 0.29) is 5.56 Å². The summed E-state index contributed by atoms with van der Waals surface area (Å²) in [7, 11) is 0. The lowest BCUT2D eigenvalue weighted by Gasteiger charge is -2.13. The van der Waals surface area contributed by atoms with Gasteiger partial charge in [-0.15, -0.1) is 0 Å². The number of nitrogens with zero attached hydrogens (tertiary/aromatic N) is 1. The van der Waals surface area contributed by atoms with E-state index in [2.05, 4.69) is 10.3 Å². The van der Waals surface area contributed by atoms with E-state index in [4.69, 9.17) is 0 Å². The van der Waals surface area contributed by atoms with Crippen molar-refractivity contribution < 1.29 is 18.0 Å². The molecule has 150 valence electrons. The van der Waals surface area contributed by atoms with Crippen molar-refractivity contribution >= 4 is 22.4 Å². The van der Waals surface area contributed by atoms with E-state index in [1.807, 2.05) is 43.3 Å². The fourth-order valence-corrected chi connectivity index (χ4v) is 3.39. The molecule has 0 aliphatic carbocycles. The van der Waals surface area contributed by atoms with Crippen molar-refractivity contribution in [2.24, 2.45) is 0 Å². The van der Waals surface area contributed by atoms with E-state index in [0.717, 1.165) is 39.6 Å². The lowest BCUT2D eigenvalue weighted by Crippen LogP contribution is -2.14. The molecule has 0 aliphatic rings. The fourth-order valence-electron chi connectivity index (χ4n) is 3.39. The molecular weight excluding hydrogens is 389 g/mol. The number of hydrogen-bond acceptors (Lipinski definition) is 2. The van der Waals surface area contributed by atoms with Crippen LogP contribution >= 0.6 is 0 Å². The molecule has 30 heavy (non-hydrogen) atoms. The predicted molar refractivity (Wildman–Crippen MR) is 111 cm³/mol. The van der Waals surface area contributed by atoms with Crippen LogP contribution in [0, 0.1) is 6.92 Å². The summed E-state index contributed by atoms with van der Waals surface area (Å²) in [6, 6.07) is 17.6. The van der Waals surface area contributed by atoms with E-state index >= 15 is 0 Å². The average Bonchev–Trinajstić information content (AvgIpc) is 2.74. The normalized spacial score (nSPS) is 11.5. The third-order valence-corrected chi connectivity index (χ3v) is 4.92. The maximum Gasteiger partial charge on any atom is 0.416 e. The second-order valence-corrected chi connectivity index (χ2v) is 6.96. The molecule has 3 nitrogen and oxygen atoms in total. The van der Waals surface area contributed by atoms with Gasteiger partial charge >= 0.3 is 6.18 Å². The number of halogens is 3. The Morgan fingerprint density at radius 2 is 1.73 bits per heavy atom. The molecule has 4 rings (SSSR count). The minimum Gasteiger partial charge on any atom is -0.322 e. The Bertz CT molecular complexity index is 1240. The second-order valence-electron chi connectivity index (χ2n) is 6.96. The van der Waals surface area contributed by atoms with Gasteiger partial charge in [-0.25, -0.2) is 0 Å². The number of anilines is 1. The molecule has 0 saturated heterocycles. The van der Waals surface area contributed by atoms with Gasteiger partial charge in [0, 0.05) is 29.0 Å². The van der Waals surface area contributed by atoms with Crippen LogP contribution in [0.15, 0.2) is 79.1 Å². The lowest BCUT2D eigenvalue weighted by atomic mass is 9.95. The van der Waals surface area contributed by atoms with Crippen LogP contribution < -0.4 is 5.32 Å². The average molecular weight is 406 g/mol. The second kappa shape index (κ2) is 7.63. The number of rotatable bonds is 3. The summed E-state index contributed by atoms with van der Waals surface area (Å²) >= 11 is 0. The highest BCUT2D eigenvalue weighted by atomic mass is 19.4. The zero-order chi connectivity index (χ0) is 21.3. The summed E-state index contributed by atoms with van der Waals surface area (Å²) in [6.07, 6.45) is -0.996. The monoisotopic (exact) mass is 406 g/mol. The van der Waals surface area contributed by atoms with Crippen molar-refractivity contribution in [3.8, 4) is 11.1 Å². The Morgan fingerprint density at radius 3 is 2.53 bits per heavy atom. The molecule has 0 bridgehead atoms. The number of aryl methyl sites for hydroxylation is 1. The molecule has 1 N–H and O–H groups in total. The van der Waals surface area contributed by atoms with Crippen LogP contribution in [0.25, 0.3) is 21.9 Å². The van der Waals surface area contributed by atoms with Crippen molar-refractivity contribution in [1.29, 1.82) is 0 Å². The van der Waals surface area contributed by atoms with Gasteiger partial charge in [0.25, 0.3) is 5.91 Å². The summed E-state index contributed by atoms with van der Waals surface area (Å²) in [4.78, 5) is 16.7. The van der Waals surface area contributed by atoms with Crippen LogP contribution in [-0.4, -0.2) is 10.9 Å². The fraction of sp³-hybridized carbons (Fsp3) is 0.0833. The van der Waals surface area contributed by atoms with Crippen molar-refractivity contribution in [2.75, 3.05) is 5.32 Å². The first-order valence-electron chi connectivity index (χ1n) is 9.25. The molecule has 0 spiro atoms. The van der Waals surface area contributed by atoms with Crippen molar-refractivity contribution in [3.63, 3.8) is 0 Å². The topological polar surface area (TPSA) is 42.0 Å². The highest BCUT2D eigenvalue weighted by molar-refractivity contribution is 6.05. The van der Waals surface area contributed by atoms with Gasteiger partial charge in [0.15, 0.2) is 0 Å². The first-order valence-corrected chi connectivity index (χ1v) is 9.25. The summed E-state index contributed by atoms with van der Waals surface area (Å²) in [5.74, 6) is -0.599. The number of aromatic nitrogens is 1. The molecule has 3 aromatic carbocycles. The standard InChI is InChI=1S/C24H17F3N2O/c1-15-8-9-19(29-23(30)16-4-2-6-18(12-16)24(25,26)27)13-22(15)21-7-3-5-17-14-28-11-10-20(17)21/h2-14H,1H3,(H,29,30). The minimum absolute atomic E-state index is 0.0526. The van der Waals surface area contributed by atoms with E-state index < -0.39 is 17.6 Å². The van der Waals surface area contributed by atoms with Gasteiger partial charge in [-0.2, -0.15) is 13.2 Å². The SMILES string of the molecule is Cc1ccc(NC(=O)c2cccc(C(F)(F)F)c2)cc1-c1cccc2cnccc12. The molecule has 1 amide bonds. The number of carbonyl (C=O) groups excluding carboxylic acids is 1. The van der Waals surface area contributed by atoms with Crippen LogP contribution in [0.1, 0.15) is 21.5 Å². The predicted octanol–water partition coefficient (Wildman–Crippen LogP) is 6.48. The number of hydrogen-bond donors (Lipinski definition) is 1. The highest BCUT2D eigenvalue weighted by Crippen LogP contribution is 2.33. The Hall–Kier alpha value is -3.67. The molecule has 0 saturated carbocycles. The van der Waals surface area contributed by atoms with Crippen LogP contribution in [0.4, 0.5) is 18.9 Å². The van der Waals surface area contributed by atoms with Gasteiger partial charge in [-0.05, 0) is 65.4 Å². The third kappa shape index (κ3) is 3.89. The molecule has 6 heteroatoms. The largest absolute Gasteiger partial charge is 0.416 e. The molecule has 0 atom stereocenters. The molecule has 1 heterocycles. The quantitative estimate of drug-likeness (QED) is 0.423. The smallest absolute Gasteiger partial charge is 0.322 e. The number of benzene rings is 3. The lowest BCUT2D eigenvalue weighted by molar-refractivity contribution is -0.137. The van der Waals surface area contributed by atoms with Crippen LogP contribution in [0.2, 0.25) is 0 Å². The maximum absolute atomic E-state index is 12.9. The van der Waals surface area contributed by atoms with Crippen LogP contribution in [-0.2, 0) is 6.18 Å². The van der Waals surface area contributed by atoms with E-state index in [1.54, 1.807) is 18.5 Å². The number of fused-ring (bicyclic) bond motifs is 1. The molecule has 0 aliphatic heterocycles. The molecule has 0 fully saturated rings. The number of pyridine rings is 1. The Labute approximate surface area is 171 Å². The molecule has 0 unspecified atom stereocenters. The van der Waals surface area contributed by atoms with Gasteiger partial charge in [-0.3, -0.25) is 9.78 Å². The molecule has 4 aromatic rings. The van der Waals surface area contributed by atoms with Crippen molar-refractivity contribution in [2.45, 2.75) is 13.1 Å². The van der Waals surface area contributed by atoms with Crippen LogP contribution in [0.3, 0.4) is 0 Å². The van der Waals surface area contributed by atoms with Crippen molar-refractivity contribution in [1.82, 2.24) is 4.98 Å². The van der Waals surface area contributed by atoms with Gasteiger partial charge in [0.05, 0.1) is 5.56 Å². The Balaban J connectivity index is 1.68. The maximum atomic E-state index is 12.9.